The summed E-state index contributed by atoms with van der Waals surface area (Å²) < 4.78 is 10.8. The molecule has 4 spiro atoms. The first-order valence-corrected chi connectivity index (χ1v) is 35.2. The molecule has 0 saturated carbocycles. The fraction of sp³-hybridized carbons (Fsp3) is 0.667. The average Bonchev–Trinajstić information content (AvgIpc) is 1.45. The van der Waals surface area contributed by atoms with Gasteiger partial charge in [0.15, 0.2) is 6.04 Å². The van der Waals surface area contributed by atoms with Crippen LogP contribution in [0, 0.1) is 5.92 Å². The third kappa shape index (κ3) is 17.4. The van der Waals surface area contributed by atoms with E-state index in [1.165, 1.54) is 52.2 Å². The van der Waals surface area contributed by atoms with E-state index in [-0.39, 0.29) is 68.8 Å². The maximum atomic E-state index is 13.2. The van der Waals surface area contributed by atoms with E-state index in [0.29, 0.717) is 75.8 Å². The Bertz CT molecular complexity index is 3600. The van der Waals surface area contributed by atoms with Gasteiger partial charge < -0.3 is 80.8 Å². The van der Waals surface area contributed by atoms with E-state index in [9.17, 15) is 78.3 Å². The molecule has 3 aromatic heterocycles. The van der Waals surface area contributed by atoms with Crippen LogP contribution in [0.1, 0.15) is 152 Å². The number of aliphatic hydroxyl groups is 4. The third-order valence-electron chi connectivity index (χ3n) is 19.4. The van der Waals surface area contributed by atoms with Crippen molar-refractivity contribution in [1.29, 1.82) is 0 Å². The number of carboxylic acid groups (broad SMARTS) is 1. The number of nitrogens with one attached hydrogen (secondary N) is 4. The number of β-lactam (4-membered cyclic amide) rings is 4. The van der Waals surface area contributed by atoms with Gasteiger partial charge in [0.1, 0.15) is 69.0 Å². The van der Waals surface area contributed by atoms with Crippen molar-refractivity contribution in [3.63, 3.8) is 0 Å². The van der Waals surface area contributed by atoms with Gasteiger partial charge in [-0.3, -0.25) is 48.2 Å². The summed E-state index contributed by atoms with van der Waals surface area (Å²) in [6.45, 7) is 23.5. The molecule has 8 saturated heterocycles. The summed E-state index contributed by atoms with van der Waals surface area (Å²) in [5.41, 5.74) is -4.75. The lowest BCUT2D eigenvalue weighted by molar-refractivity contribution is -0.177. The van der Waals surface area contributed by atoms with Crippen molar-refractivity contribution in [3.05, 3.63) is 72.9 Å². The van der Waals surface area contributed by atoms with Crippen LogP contribution < -0.4 is 21.3 Å². The first-order valence-electron chi connectivity index (χ1n) is 35.2. The van der Waals surface area contributed by atoms with Gasteiger partial charge in [-0.15, -0.1) is 0 Å². The van der Waals surface area contributed by atoms with Crippen molar-refractivity contribution in [2.75, 3.05) is 52.4 Å². The van der Waals surface area contributed by atoms with Gasteiger partial charge >= 0.3 is 18.2 Å². The molecule has 35 nitrogen and oxygen atoms in total. The molecule has 0 bridgehead atoms. The van der Waals surface area contributed by atoms with E-state index >= 15 is 0 Å². The monoisotopic (exact) mass is 1460 g/mol. The highest BCUT2D eigenvalue weighted by atomic mass is 16.6. The van der Waals surface area contributed by atoms with Gasteiger partial charge in [0.25, 0.3) is 17.7 Å². The summed E-state index contributed by atoms with van der Waals surface area (Å²) >= 11 is 0. The molecule has 8 fully saturated rings. The van der Waals surface area contributed by atoms with Crippen molar-refractivity contribution >= 4 is 65.4 Å². The zero-order valence-corrected chi connectivity index (χ0v) is 61.2. The van der Waals surface area contributed by atoms with Gasteiger partial charge in [-0.2, -0.15) is 0 Å². The second kappa shape index (κ2) is 32.9. The minimum atomic E-state index is -1.30. The summed E-state index contributed by atoms with van der Waals surface area (Å²) in [5, 5.41) is 60.4. The van der Waals surface area contributed by atoms with E-state index < -0.39 is 124 Å². The topological polar surface area (TPSA) is 456 Å². The molecule has 10 amide bonds. The van der Waals surface area contributed by atoms with E-state index in [1.54, 1.807) is 102 Å². The predicted octanol–water partition coefficient (Wildman–Crippen LogP) is -0.605. The quantitative estimate of drug-likeness (QED) is 0.0676. The molecule has 3 aromatic rings. The molecular weight excluding hydrogens is 1350 g/mol. The van der Waals surface area contributed by atoms with E-state index in [2.05, 4.69) is 51.2 Å². The van der Waals surface area contributed by atoms with Crippen molar-refractivity contribution < 1.29 is 87.7 Å². The highest BCUT2D eigenvalue weighted by molar-refractivity contribution is 6.02. The normalized spacial score (nSPS) is 24.8. The number of nitrogens with zero attached hydrogens (tertiary/aromatic N) is 13. The number of rotatable bonds is 19. The minimum absolute atomic E-state index is 0.0511. The van der Waals surface area contributed by atoms with Crippen molar-refractivity contribution in [2.24, 2.45) is 5.92 Å². The Morgan fingerprint density at radius 3 is 1.04 bits per heavy atom. The minimum Gasteiger partial charge on any atom is -0.480 e. The summed E-state index contributed by atoms with van der Waals surface area (Å²) in [7, 11) is 0. The number of aromatic nitrogens is 6. The van der Waals surface area contributed by atoms with Crippen LogP contribution in [0.4, 0.5) is 9.59 Å². The van der Waals surface area contributed by atoms with E-state index in [1.807, 2.05) is 13.8 Å². The number of ether oxygens (including phenoxy) is 2. The molecule has 4 unspecified atom stereocenters. The lowest BCUT2D eigenvalue weighted by Crippen LogP contribution is -2.77. The molecule has 11 heterocycles. The Labute approximate surface area is 603 Å². The van der Waals surface area contributed by atoms with Crippen molar-refractivity contribution in [2.45, 2.75) is 236 Å². The number of likely N-dealkylation sites (tertiary alicyclic amines) is 7. The molecule has 35 heteroatoms. The maximum absolute atomic E-state index is 13.2. The highest BCUT2D eigenvalue weighted by Crippen LogP contribution is 2.44. The lowest BCUT2D eigenvalue weighted by atomic mass is 9.82. The summed E-state index contributed by atoms with van der Waals surface area (Å²) in [5.74, 6) is -2.67. The zero-order valence-electron chi connectivity index (χ0n) is 61.2. The number of carbonyl (C=O) groups excluding carboxylic acids is 10. The Morgan fingerprint density at radius 1 is 0.462 bits per heavy atom. The van der Waals surface area contributed by atoms with Gasteiger partial charge in [0.2, 0.25) is 29.5 Å². The van der Waals surface area contributed by atoms with Crippen molar-refractivity contribution in [3.8, 4) is 0 Å². The molecule has 570 valence electrons. The number of aliphatic carboxylic acids is 1. The van der Waals surface area contributed by atoms with E-state index in [0.717, 1.165) is 30.7 Å². The SMILES string of the molecule is CC(C)C(=O)N1CCCC12CN([C@H](C(=O)NCc1ncccn1)[C@@H](C)O)C2=O.C[C@@H](O)[C@@H](C(=O)NCc1ncccn1)N1CC2(CCCN2)C1=O.C[C@@H](O)[C@@H](C(=O)NCc1ncccn1)N1CC2(CCCN2C(=O)OC(C)(C)C)C1=O.C[C@@H](O)[C@@H](C(=O)O)N1CC2(CCCN2C(=O)OC(C)(C)C)C1=O. The Morgan fingerprint density at radius 2 is 0.769 bits per heavy atom. The average molecular weight is 1460 g/mol. The predicted molar refractivity (Wildman–Crippen MR) is 366 cm³/mol. The smallest absolute Gasteiger partial charge is 0.411 e. The van der Waals surface area contributed by atoms with E-state index in [4.69, 9.17) is 9.47 Å². The molecule has 8 aliphatic rings. The number of hydrogen-bond acceptors (Lipinski definition) is 24. The van der Waals surface area contributed by atoms with Crippen LogP contribution in [-0.2, 0) is 72.3 Å². The zero-order chi connectivity index (χ0) is 76.6. The number of carbonyl (C=O) groups is 11. The number of amides is 10. The highest BCUT2D eigenvalue weighted by Gasteiger charge is 2.66. The molecule has 9 N–H and O–H groups in total. The largest absolute Gasteiger partial charge is 0.480 e. The molecule has 8 aliphatic heterocycles. The molecule has 12 atom stereocenters. The van der Waals surface area contributed by atoms with Gasteiger partial charge in [-0.1, -0.05) is 13.8 Å². The van der Waals surface area contributed by atoms with Gasteiger partial charge in [0, 0.05) is 69.3 Å². The molecule has 0 aliphatic carbocycles. The number of hydrogen-bond donors (Lipinski definition) is 9. The van der Waals surface area contributed by atoms with Gasteiger partial charge in [-0.05, 0) is 145 Å². The summed E-state index contributed by atoms with van der Waals surface area (Å²) in [6.07, 6.45) is 9.50. The fourth-order valence-corrected chi connectivity index (χ4v) is 14.6. The second-order valence-electron chi connectivity index (χ2n) is 29.9. The van der Waals surface area contributed by atoms with Crippen LogP contribution in [0.3, 0.4) is 0 Å². The van der Waals surface area contributed by atoms with Gasteiger partial charge in [-0.25, -0.2) is 44.3 Å². The summed E-state index contributed by atoms with van der Waals surface area (Å²) in [6, 6.07) is 0.768. The molecule has 104 heavy (non-hydrogen) atoms. The Kier molecular flexibility index (Phi) is 25.4. The van der Waals surface area contributed by atoms with Crippen LogP contribution in [-0.4, -0.2) is 289 Å². The molecule has 11 rings (SSSR count). The van der Waals surface area contributed by atoms with Gasteiger partial charge in [0.05, 0.1) is 63.7 Å². The first-order chi connectivity index (χ1) is 48.9. The van der Waals surface area contributed by atoms with Crippen LogP contribution in [0.15, 0.2) is 55.4 Å². The Hall–Kier alpha value is -9.19. The molecule has 0 radical (unpaired) electrons. The number of carboxylic acids is 1. The van der Waals surface area contributed by atoms with Crippen LogP contribution >= 0.6 is 0 Å². The summed E-state index contributed by atoms with van der Waals surface area (Å²) in [4.78, 5) is 172. The fourth-order valence-electron chi connectivity index (χ4n) is 14.6. The second-order valence-corrected chi connectivity index (χ2v) is 29.9. The Balaban J connectivity index is 0.000000177. The number of aliphatic hydroxyl groups excluding tert-OH is 4. The van der Waals surface area contributed by atoms with Crippen LogP contribution in [0.5, 0.6) is 0 Å². The lowest BCUT2D eigenvalue weighted by Gasteiger charge is -2.54. The maximum Gasteiger partial charge on any atom is 0.411 e. The first kappa shape index (κ1) is 80.5. The van der Waals surface area contributed by atoms with Crippen molar-refractivity contribution in [1.82, 2.24) is 85.5 Å². The van der Waals surface area contributed by atoms with Crippen LogP contribution in [0.25, 0.3) is 0 Å². The third-order valence-corrected chi connectivity index (χ3v) is 19.4. The van der Waals surface area contributed by atoms with Crippen LogP contribution in [0.2, 0.25) is 0 Å². The standard InChI is InChI=1S/C20H29N5O5.C19H27N5O4.C15H21N5O3.C15H24N2O6/c1-13(26)15(16(27)23-11-14-21-8-6-9-22-14)24-12-20(17(24)28)7-5-10-25(20)18(29)30-19(2,3)4;1-12(2)17(27)24-9-4-6-19(24)11-23(18(19)28)15(13(3)25)16(26)22-10-14-20-7-5-8-21-14;1-10(21)12(13(22)18-8-11-16-5-3-6-17-11)20-9-15(14(20)23)4-2-7-19-15;1-9(18)10(11(19)20)16-8-15(12(16)21)6-5-7-17(15)13(22)23-14(2,3)4/h6,8-9,13,15,26H,5,7,10-12H2,1-4H3,(H,23,27);5,7-8,12-13,15,25H,4,6,9-11H2,1-3H3,(H,22,26);3,5-6,10,12,19,21H,2,4,7-9H2,1H3,(H,18,22);9-10,18H,5-8H2,1-4H3,(H,19,20)/t13-,15+,20?;13-,15+,19?;10-,12+,15?;9-,10+,15?/m1111/s1. The molecule has 0 aromatic carbocycles. The molecular formula is C69H101N17O18.